The van der Waals surface area contributed by atoms with Crippen molar-refractivity contribution >= 4 is 25.3 Å². The minimum absolute atomic E-state index is 0.309. The minimum Gasteiger partial charge on any atom is -0.480 e. The van der Waals surface area contributed by atoms with Gasteiger partial charge in [-0.05, 0) is 22.3 Å². The summed E-state index contributed by atoms with van der Waals surface area (Å²) in [6.45, 7) is 0. The normalized spacial score (nSPS) is 14.0. The van der Waals surface area contributed by atoms with Gasteiger partial charge >= 0.3 is 13.6 Å². The molecule has 0 fully saturated rings. The van der Waals surface area contributed by atoms with Gasteiger partial charge in [0, 0.05) is 24.5 Å². The number of carboxylic acid groups (broad SMARTS) is 1. The Morgan fingerprint density at radius 2 is 1.79 bits per heavy atom. The Morgan fingerprint density at radius 1 is 1.21 bits per heavy atom. The number of rotatable bonds is 8. The predicted octanol–water partition coefficient (Wildman–Crippen LogP) is 2.76. The molecule has 1 aliphatic rings. The lowest BCUT2D eigenvalue weighted by atomic mass is 9.99. The highest BCUT2D eigenvalue weighted by Gasteiger charge is 2.28. The smallest absolute Gasteiger partial charge is 0.396 e. The molecule has 0 amide bonds. The number of hydrogen-bond acceptors (Lipinski definition) is 4. The number of thioether (sulfide) groups is 1. The van der Waals surface area contributed by atoms with Crippen LogP contribution in [0, 0.1) is 0 Å². The first-order valence-electron chi connectivity index (χ1n) is 7.81. The summed E-state index contributed by atoms with van der Waals surface area (Å²) >= 11 is 1.65. The van der Waals surface area contributed by atoms with Crippen LogP contribution in [0.5, 0.6) is 0 Å². The molecule has 6 heteroatoms. The molecule has 0 heterocycles. The number of carbonyl (C=O) groups is 1. The number of carboxylic acids is 1. The Balaban J connectivity index is 1.70. The Morgan fingerprint density at radius 3 is 2.33 bits per heavy atom. The topological polar surface area (TPSA) is 58.6 Å². The predicted molar refractivity (Wildman–Crippen MR) is 98.4 cm³/mol. The molecule has 2 aromatic carbocycles. The average molecular weight is 340 g/mol. The SMILES string of the molecule is CO[B]N[C@H](CSCC1c2ccccc2-c2ccccc21)C(=O)O. The maximum absolute atomic E-state index is 11.3. The van der Waals surface area contributed by atoms with Crippen LogP contribution in [0.3, 0.4) is 0 Å². The zero-order valence-electron chi connectivity index (χ0n) is 13.4. The van der Waals surface area contributed by atoms with E-state index in [1.807, 2.05) is 0 Å². The van der Waals surface area contributed by atoms with Crippen molar-refractivity contribution in [3.63, 3.8) is 0 Å². The van der Waals surface area contributed by atoms with Crippen LogP contribution in [0.2, 0.25) is 0 Å². The van der Waals surface area contributed by atoms with Crippen LogP contribution < -0.4 is 5.23 Å². The van der Waals surface area contributed by atoms with E-state index in [2.05, 4.69) is 53.8 Å². The molecule has 24 heavy (non-hydrogen) atoms. The molecule has 0 saturated carbocycles. The molecule has 0 unspecified atom stereocenters. The van der Waals surface area contributed by atoms with Gasteiger partial charge in [-0.25, -0.2) is 0 Å². The molecule has 4 nitrogen and oxygen atoms in total. The van der Waals surface area contributed by atoms with Crippen LogP contribution in [0.4, 0.5) is 0 Å². The highest BCUT2D eigenvalue weighted by atomic mass is 32.2. The molecule has 0 saturated heterocycles. The minimum atomic E-state index is -0.872. The van der Waals surface area contributed by atoms with Crippen molar-refractivity contribution in [2.24, 2.45) is 0 Å². The summed E-state index contributed by atoms with van der Waals surface area (Å²) in [7, 11) is 2.81. The Hall–Kier alpha value is -1.76. The Bertz CT molecular complexity index is 679. The molecule has 2 aromatic rings. The molecule has 1 atom stereocenters. The van der Waals surface area contributed by atoms with Crippen LogP contribution in [0.25, 0.3) is 11.1 Å². The number of nitrogens with one attached hydrogen (secondary N) is 1. The second kappa shape index (κ2) is 7.88. The fourth-order valence-corrected chi connectivity index (χ4v) is 4.29. The van der Waals surface area contributed by atoms with E-state index in [-0.39, 0.29) is 0 Å². The van der Waals surface area contributed by atoms with Gasteiger partial charge in [0.15, 0.2) is 0 Å². The summed E-state index contributed by atoms with van der Waals surface area (Å²) < 4.78 is 4.79. The van der Waals surface area contributed by atoms with Gasteiger partial charge < -0.3 is 15.0 Å². The van der Waals surface area contributed by atoms with E-state index in [1.54, 1.807) is 11.8 Å². The molecule has 1 aliphatic carbocycles. The molecule has 1 radical (unpaired) electrons. The number of fused-ring (bicyclic) bond motifs is 3. The van der Waals surface area contributed by atoms with Gasteiger partial charge in [-0.2, -0.15) is 11.8 Å². The molecule has 0 bridgehead atoms. The maximum Gasteiger partial charge on any atom is 0.396 e. The third kappa shape index (κ3) is 3.51. The van der Waals surface area contributed by atoms with E-state index in [9.17, 15) is 9.90 Å². The molecule has 0 aliphatic heterocycles. The van der Waals surface area contributed by atoms with Crippen LogP contribution in [-0.2, 0) is 9.45 Å². The quantitative estimate of drug-likeness (QED) is 0.724. The zero-order valence-corrected chi connectivity index (χ0v) is 14.3. The summed E-state index contributed by atoms with van der Waals surface area (Å²) in [5.41, 5.74) is 5.24. The van der Waals surface area contributed by atoms with Crippen molar-refractivity contribution < 1.29 is 14.6 Å². The highest BCUT2D eigenvalue weighted by molar-refractivity contribution is 7.99. The van der Waals surface area contributed by atoms with Crippen molar-refractivity contribution in [1.82, 2.24) is 5.23 Å². The molecule has 2 N–H and O–H groups in total. The van der Waals surface area contributed by atoms with Gasteiger partial charge in [-0.1, -0.05) is 48.5 Å². The molecule has 0 spiro atoms. The number of aliphatic carboxylic acids is 1. The zero-order chi connectivity index (χ0) is 16.9. The summed E-state index contributed by atoms with van der Waals surface area (Å²) in [5, 5.41) is 12.0. The van der Waals surface area contributed by atoms with E-state index in [4.69, 9.17) is 4.65 Å². The molecular formula is C18H19BNO3S. The average Bonchev–Trinajstić information content (AvgIpc) is 2.92. The van der Waals surface area contributed by atoms with Crippen LogP contribution in [-0.4, -0.2) is 43.4 Å². The van der Waals surface area contributed by atoms with Gasteiger partial charge in [-0.3, -0.25) is 4.79 Å². The van der Waals surface area contributed by atoms with Crippen molar-refractivity contribution in [2.45, 2.75) is 12.0 Å². The maximum atomic E-state index is 11.3. The molecule has 3 rings (SSSR count). The van der Waals surface area contributed by atoms with E-state index < -0.39 is 12.0 Å². The lowest BCUT2D eigenvalue weighted by Gasteiger charge is -2.16. The van der Waals surface area contributed by atoms with Crippen molar-refractivity contribution in [2.75, 3.05) is 18.6 Å². The van der Waals surface area contributed by atoms with E-state index >= 15 is 0 Å². The second-order valence-electron chi connectivity index (χ2n) is 5.68. The highest BCUT2D eigenvalue weighted by Crippen LogP contribution is 2.45. The van der Waals surface area contributed by atoms with Gasteiger partial charge in [0.05, 0.1) is 0 Å². The lowest BCUT2D eigenvalue weighted by molar-refractivity contribution is -0.138. The number of benzene rings is 2. The fraction of sp³-hybridized carbons (Fsp3) is 0.278. The van der Waals surface area contributed by atoms with Crippen molar-refractivity contribution in [3.05, 3.63) is 59.7 Å². The van der Waals surface area contributed by atoms with Gasteiger partial charge in [-0.15, -0.1) is 0 Å². The standard InChI is InChI=1S/C18H19BNO3S/c1-23-19-20-17(18(21)22)11-24-10-16-14-8-4-2-6-12(14)13-7-3-5-9-15(13)16/h2-9,16-17,20H,10-11H2,1H3,(H,21,22)/t17-/m1/s1. The summed E-state index contributed by atoms with van der Waals surface area (Å²) in [6.07, 6.45) is 0. The Labute approximate surface area is 146 Å². The fourth-order valence-electron chi connectivity index (χ4n) is 3.08. The van der Waals surface area contributed by atoms with Crippen molar-refractivity contribution in [1.29, 1.82) is 0 Å². The monoisotopic (exact) mass is 340 g/mol. The summed E-state index contributed by atoms with van der Waals surface area (Å²) in [6, 6.07) is 16.3. The summed E-state index contributed by atoms with van der Waals surface area (Å²) in [4.78, 5) is 11.3. The lowest BCUT2D eigenvalue weighted by Crippen LogP contribution is -2.41. The molecule has 123 valence electrons. The molecule has 0 aromatic heterocycles. The first-order chi connectivity index (χ1) is 11.7. The van der Waals surface area contributed by atoms with Crippen LogP contribution in [0.1, 0.15) is 17.0 Å². The molecular weight excluding hydrogens is 321 g/mol. The second-order valence-corrected chi connectivity index (χ2v) is 6.75. The van der Waals surface area contributed by atoms with E-state index in [0.29, 0.717) is 11.7 Å². The summed E-state index contributed by atoms with van der Waals surface area (Å²) in [5.74, 6) is 0.772. The third-order valence-corrected chi connectivity index (χ3v) is 5.35. The third-order valence-electron chi connectivity index (χ3n) is 4.22. The first kappa shape index (κ1) is 17.1. The first-order valence-corrected chi connectivity index (χ1v) is 8.97. The van der Waals surface area contributed by atoms with Crippen molar-refractivity contribution in [3.8, 4) is 11.1 Å². The number of hydrogen-bond donors (Lipinski definition) is 2. The van der Waals surface area contributed by atoms with Gasteiger partial charge in [0.25, 0.3) is 0 Å². The largest absolute Gasteiger partial charge is 0.480 e. The van der Waals surface area contributed by atoms with E-state index in [1.165, 1.54) is 37.0 Å². The van der Waals surface area contributed by atoms with Gasteiger partial charge in [0.1, 0.15) is 6.04 Å². The van der Waals surface area contributed by atoms with E-state index in [0.717, 1.165) is 5.75 Å². The van der Waals surface area contributed by atoms with Crippen LogP contribution in [0.15, 0.2) is 48.5 Å². The van der Waals surface area contributed by atoms with Crippen LogP contribution >= 0.6 is 11.8 Å². The van der Waals surface area contributed by atoms with Gasteiger partial charge in [0.2, 0.25) is 0 Å². The Kier molecular flexibility index (Phi) is 5.61.